The van der Waals surface area contributed by atoms with Gasteiger partial charge in [0.05, 0.1) is 23.4 Å². The first kappa shape index (κ1) is 21.2. The van der Waals surface area contributed by atoms with Crippen molar-refractivity contribution in [1.29, 1.82) is 0 Å². The van der Waals surface area contributed by atoms with E-state index in [0.717, 1.165) is 63.3 Å². The smallest absolute Gasteiger partial charge is 0.223 e. The third kappa shape index (κ3) is 3.99. The number of amides is 1. The molecule has 4 aromatic rings. The Morgan fingerprint density at radius 3 is 2.85 bits per heavy atom. The summed E-state index contributed by atoms with van der Waals surface area (Å²) in [5.74, 6) is 1.57. The molecule has 1 aliphatic heterocycles. The van der Waals surface area contributed by atoms with Gasteiger partial charge in [0.15, 0.2) is 5.82 Å². The van der Waals surface area contributed by atoms with Crippen LogP contribution in [0.2, 0.25) is 0 Å². The molecule has 0 unspecified atom stereocenters. The fraction of sp³-hybridized carbons (Fsp3) is 0.346. The fourth-order valence-electron chi connectivity index (χ4n) is 4.62. The minimum Gasteiger partial charge on any atom is -0.508 e. The van der Waals surface area contributed by atoms with Gasteiger partial charge in [-0.15, -0.1) is 0 Å². The van der Waals surface area contributed by atoms with E-state index in [-0.39, 0.29) is 11.7 Å². The number of carbonyl (C=O) groups excluding carboxylic acids is 1. The first-order valence-corrected chi connectivity index (χ1v) is 11.6. The topological polar surface area (TPSA) is 97.9 Å². The highest BCUT2D eigenvalue weighted by Crippen LogP contribution is 2.33. The van der Waals surface area contributed by atoms with Crippen LogP contribution in [0.1, 0.15) is 44.1 Å². The predicted octanol–water partition coefficient (Wildman–Crippen LogP) is 4.82. The predicted molar refractivity (Wildman–Crippen MR) is 129 cm³/mol. The minimum atomic E-state index is 0.199. The Bertz CT molecular complexity index is 1330. The van der Waals surface area contributed by atoms with Gasteiger partial charge in [0.25, 0.3) is 0 Å². The van der Waals surface area contributed by atoms with Crippen molar-refractivity contribution in [2.75, 3.05) is 6.54 Å². The second kappa shape index (κ2) is 8.39. The van der Waals surface area contributed by atoms with Crippen molar-refractivity contribution in [3.05, 3.63) is 53.3 Å². The maximum Gasteiger partial charge on any atom is 0.223 e. The minimum absolute atomic E-state index is 0.199. The summed E-state index contributed by atoms with van der Waals surface area (Å²) in [7, 11) is 0. The van der Waals surface area contributed by atoms with Gasteiger partial charge >= 0.3 is 0 Å². The van der Waals surface area contributed by atoms with Crippen molar-refractivity contribution in [3.8, 4) is 28.4 Å². The number of aryl methyl sites for hydroxylation is 1. The lowest BCUT2D eigenvalue weighted by Crippen LogP contribution is -2.36. The van der Waals surface area contributed by atoms with Crippen molar-refractivity contribution in [1.82, 2.24) is 25.1 Å². The molecular weight excluding hydrogens is 414 g/mol. The summed E-state index contributed by atoms with van der Waals surface area (Å²) in [6.45, 7) is 7.50. The Balaban J connectivity index is 1.44. The molecule has 1 amide bonds. The first-order valence-electron chi connectivity index (χ1n) is 11.6. The summed E-state index contributed by atoms with van der Waals surface area (Å²) in [5, 5.41) is 18.5. The molecule has 0 radical (unpaired) electrons. The summed E-state index contributed by atoms with van der Waals surface area (Å²) in [6, 6.07) is 11.7. The number of imidazole rings is 1. The van der Waals surface area contributed by atoms with Gasteiger partial charge in [-0.3, -0.25) is 9.89 Å². The number of hydrogen-bond donors (Lipinski definition) is 3. The van der Waals surface area contributed by atoms with E-state index >= 15 is 0 Å². The third-order valence-electron chi connectivity index (χ3n) is 6.34. The number of carbonyl (C=O) groups is 1. The van der Waals surface area contributed by atoms with Gasteiger partial charge in [0, 0.05) is 24.8 Å². The summed E-state index contributed by atoms with van der Waals surface area (Å²) >= 11 is 0. The van der Waals surface area contributed by atoms with E-state index in [0.29, 0.717) is 25.4 Å². The molecule has 1 aliphatic rings. The van der Waals surface area contributed by atoms with Crippen LogP contribution in [-0.2, 0) is 24.2 Å². The summed E-state index contributed by atoms with van der Waals surface area (Å²) < 4.78 is 0. The van der Waals surface area contributed by atoms with Crippen LogP contribution >= 0.6 is 0 Å². The van der Waals surface area contributed by atoms with Crippen molar-refractivity contribution < 1.29 is 9.90 Å². The number of aromatic hydroxyl groups is 1. The van der Waals surface area contributed by atoms with Crippen molar-refractivity contribution >= 4 is 16.8 Å². The molecular formula is C26H29N5O2. The normalized spacial score (nSPS) is 13.6. The number of phenolic OH excluding ortho intramolecular Hbond substituents is 1. The first-order chi connectivity index (χ1) is 15.9. The molecule has 2 aromatic heterocycles. The molecule has 0 atom stereocenters. The lowest BCUT2D eigenvalue weighted by atomic mass is 9.97. The molecule has 0 spiro atoms. The number of H-pyrrole nitrogens is 2. The van der Waals surface area contributed by atoms with E-state index in [1.807, 2.05) is 17.0 Å². The second-order valence-electron chi connectivity index (χ2n) is 9.20. The molecule has 3 N–H and O–H groups in total. The molecule has 7 heteroatoms. The molecule has 7 nitrogen and oxygen atoms in total. The zero-order valence-electron chi connectivity index (χ0n) is 19.3. The highest BCUT2D eigenvalue weighted by molar-refractivity contribution is 5.94. The number of hydrogen-bond acceptors (Lipinski definition) is 4. The maximum atomic E-state index is 12.5. The van der Waals surface area contributed by atoms with Crippen LogP contribution in [0.15, 0.2) is 36.4 Å². The lowest BCUT2D eigenvalue weighted by Gasteiger charge is -2.26. The standard InChI is InChI=1S/C26H29N5O2/c1-4-16-12-18(32)6-8-19(16)17-5-7-20-22(13-17)29-30-25(20)26-27-21-9-10-31(14-23(21)28-26)24(33)11-15(2)3/h5-8,12-13,15,32H,4,9-11,14H2,1-3H3,(H,27,28)(H,29,30). The molecule has 2 aromatic carbocycles. The molecule has 33 heavy (non-hydrogen) atoms. The monoisotopic (exact) mass is 443 g/mol. The number of aromatic nitrogens is 4. The largest absolute Gasteiger partial charge is 0.508 e. The molecule has 0 saturated carbocycles. The molecule has 170 valence electrons. The Morgan fingerprint density at radius 1 is 1.21 bits per heavy atom. The Labute approximate surface area is 192 Å². The van der Waals surface area contributed by atoms with Crippen LogP contribution in [0, 0.1) is 5.92 Å². The molecule has 0 aliphatic carbocycles. The number of phenols is 1. The number of rotatable bonds is 5. The molecule has 5 rings (SSSR count). The molecule has 0 fully saturated rings. The number of aromatic amines is 2. The maximum absolute atomic E-state index is 12.5. The summed E-state index contributed by atoms with van der Waals surface area (Å²) in [5.41, 5.74) is 7.01. The van der Waals surface area contributed by atoms with Crippen LogP contribution in [-0.4, -0.2) is 42.6 Å². The third-order valence-corrected chi connectivity index (χ3v) is 6.34. The molecule has 0 saturated heterocycles. The highest BCUT2D eigenvalue weighted by Gasteiger charge is 2.25. The average molecular weight is 444 g/mol. The SMILES string of the molecule is CCc1cc(O)ccc1-c1ccc2c(-c3nc4c([nH]3)CN(C(=O)CC(C)C)CC4)n[nH]c2c1. The summed E-state index contributed by atoms with van der Waals surface area (Å²) in [4.78, 5) is 22.7. The lowest BCUT2D eigenvalue weighted by molar-refractivity contribution is -0.132. The van der Waals surface area contributed by atoms with Crippen LogP contribution in [0.4, 0.5) is 0 Å². The number of fused-ring (bicyclic) bond motifs is 2. The fourth-order valence-corrected chi connectivity index (χ4v) is 4.62. The average Bonchev–Trinajstić information content (AvgIpc) is 3.41. The van der Waals surface area contributed by atoms with Crippen molar-refractivity contribution in [2.45, 2.75) is 46.6 Å². The number of nitrogens with one attached hydrogen (secondary N) is 2. The van der Waals surface area contributed by atoms with Crippen LogP contribution in [0.3, 0.4) is 0 Å². The summed E-state index contributed by atoms with van der Waals surface area (Å²) in [6.07, 6.45) is 2.16. The van der Waals surface area contributed by atoms with Crippen molar-refractivity contribution in [2.24, 2.45) is 5.92 Å². The highest BCUT2D eigenvalue weighted by atomic mass is 16.3. The van der Waals surface area contributed by atoms with Gasteiger partial charge in [-0.25, -0.2) is 4.98 Å². The van der Waals surface area contributed by atoms with Gasteiger partial charge in [-0.05, 0) is 53.3 Å². The molecule has 0 bridgehead atoms. The quantitative estimate of drug-likeness (QED) is 0.412. The van der Waals surface area contributed by atoms with E-state index in [9.17, 15) is 9.90 Å². The Hall–Kier alpha value is -3.61. The number of nitrogens with zero attached hydrogens (tertiary/aromatic N) is 3. The van der Waals surface area contributed by atoms with E-state index in [2.05, 4.69) is 54.2 Å². The zero-order chi connectivity index (χ0) is 23.1. The van der Waals surface area contributed by atoms with E-state index in [1.54, 1.807) is 6.07 Å². The van der Waals surface area contributed by atoms with Gasteiger partial charge in [0.2, 0.25) is 5.91 Å². The van der Waals surface area contributed by atoms with E-state index < -0.39 is 0 Å². The molecule has 3 heterocycles. The van der Waals surface area contributed by atoms with Crippen LogP contribution in [0.25, 0.3) is 33.5 Å². The second-order valence-corrected chi connectivity index (χ2v) is 9.20. The number of benzene rings is 2. The van der Waals surface area contributed by atoms with Crippen LogP contribution in [0.5, 0.6) is 5.75 Å². The van der Waals surface area contributed by atoms with Gasteiger partial charge in [-0.1, -0.05) is 32.9 Å². The zero-order valence-corrected chi connectivity index (χ0v) is 19.3. The Morgan fingerprint density at radius 2 is 2.06 bits per heavy atom. The van der Waals surface area contributed by atoms with Crippen LogP contribution < -0.4 is 0 Å². The van der Waals surface area contributed by atoms with E-state index in [4.69, 9.17) is 4.98 Å². The van der Waals surface area contributed by atoms with Gasteiger partial charge in [0.1, 0.15) is 11.4 Å². The van der Waals surface area contributed by atoms with Crippen molar-refractivity contribution in [3.63, 3.8) is 0 Å². The van der Waals surface area contributed by atoms with E-state index in [1.165, 1.54) is 0 Å². The van der Waals surface area contributed by atoms with Gasteiger partial charge < -0.3 is 15.0 Å². The van der Waals surface area contributed by atoms with Gasteiger partial charge in [-0.2, -0.15) is 5.10 Å². The Kier molecular flexibility index (Phi) is 5.40.